The highest BCUT2D eigenvalue weighted by Crippen LogP contribution is 2.21. The van der Waals surface area contributed by atoms with E-state index in [1.807, 2.05) is 0 Å². The highest BCUT2D eigenvalue weighted by molar-refractivity contribution is 5.98. The molecule has 0 fully saturated rings. The summed E-state index contributed by atoms with van der Waals surface area (Å²) in [6.07, 6.45) is 2.17. The van der Waals surface area contributed by atoms with Crippen LogP contribution in [0.25, 0.3) is 0 Å². The molecule has 1 atom stereocenters. The number of hydrogen-bond acceptors (Lipinski definition) is 4. The molecule has 1 aliphatic rings. The number of Topliss-reactive ketones (excluding diaryl/α,β-unsaturated/α-hetero) is 1. The third kappa shape index (κ3) is 2.43. The topological polar surface area (TPSA) is 79.3 Å². The predicted octanol–water partition coefficient (Wildman–Crippen LogP) is 1.49. The van der Waals surface area contributed by atoms with E-state index in [2.05, 4.69) is 10.3 Å². The molecule has 1 aliphatic carbocycles. The average Bonchev–Trinajstić information content (AvgIpc) is 2.29. The van der Waals surface area contributed by atoms with Crippen LogP contribution in [0.15, 0.2) is 12.1 Å². The molecule has 2 rings (SSSR count). The standard InChI is InChI=1S/C12H14N2O3/c1-7(12(16)17)13-11-6-5-8-9(14-11)3-2-4-10(8)15/h5-7H,2-4H2,1H3,(H,13,14)(H,16,17). The molecule has 5 heteroatoms. The smallest absolute Gasteiger partial charge is 0.325 e. The summed E-state index contributed by atoms with van der Waals surface area (Å²) < 4.78 is 0. The quantitative estimate of drug-likeness (QED) is 0.828. The molecule has 0 radical (unpaired) electrons. The number of anilines is 1. The lowest BCUT2D eigenvalue weighted by molar-refractivity contribution is -0.137. The van der Waals surface area contributed by atoms with Crippen molar-refractivity contribution in [3.8, 4) is 0 Å². The van der Waals surface area contributed by atoms with Crippen molar-refractivity contribution >= 4 is 17.6 Å². The Labute approximate surface area is 98.9 Å². The van der Waals surface area contributed by atoms with Crippen molar-refractivity contribution < 1.29 is 14.7 Å². The first-order valence-corrected chi connectivity index (χ1v) is 5.60. The number of aromatic nitrogens is 1. The zero-order valence-corrected chi connectivity index (χ0v) is 9.56. The van der Waals surface area contributed by atoms with Gasteiger partial charge < -0.3 is 10.4 Å². The molecule has 1 unspecified atom stereocenters. The first kappa shape index (κ1) is 11.6. The number of hydrogen-bond donors (Lipinski definition) is 2. The fraction of sp³-hybridized carbons (Fsp3) is 0.417. The van der Waals surface area contributed by atoms with E-state index >= 15 is 0 Å². The molecular formula is C12H14N2O3. The van der Waals surface area contributed by atoms with E-state index in [1.54, 1.807) is 19.1 Å². The SMILES string of the molecule is CC(Nc1ccc2c(n1)CCCC2=O)C(=O)O. The van der Waals surface area contributed by atoms with Gasteiger partial charge in [-0.05, 0) is 31.9 Å². The maximum Gasteiger partial charge on any atom is 0.325 e. The number of aryl methyl sites for hydroxylation is 1. The number of carbonyl (C=O) groups is 2. The molecule has 1 heterocycles. The van der Waals surface area contributed by atoms with Crippen LogP contribution in [0.2, 0.25) is 0 Å². The van der Waals surface area contributed by atoms with Gasteiger partial charge in [-0.25, -0.2) is 4.98 Å². The predicted molar refractivity (Wildman–Crippen MR) is 62.2 cm³/mol. The molecule has 90 valence electrons. The largest absolute Gasteiger partial charge is 0.480 e. The molecule has 1 aromatic heterocycles. The Morgan fingerprint density at radius 1 is 1.47 bits per heavy atom. The minimum Gasteiger partial charge on any atom is -0.480 e. The maximum atomic E-state index is 11.6. The van der Waals surface area contributed by atoms with Crippen molar-refractivity contribution in [2.45, 2.75) is 32.2 Å². The van der Waals surface area contributed by atoms with Gasteiger partial charge in [0.25, 0.3) is 0 Å². The summed E-state index contributed by atoms with van der Waals surface area (Å²) in [4.78, 5) is 26.6. The summed E-state index contributed by atoms with van der Waals surface area (Å²) in [5.74, 6) is -0.300. The third-order valence-corrected chi connectivity index (χ3v) is 2.83. The summed E-state index contributed by atoms with van der Waals surface area (Å²) in [6.45, 7) is 1.55. The monoisotopic (exact) mass is 234 g/mol. The Kier molecular flexibility index (Phi) is 3.08. The minimum atomic E-state index is -0.930. The molecule has 0 bridgehead atoms. The van der Waals surface area contributed by atoms with Gasteiger partial charge in [0.1, 0.15) is 11.9 Å². The van der Waals surface area contributed by atoms with E-state index in [9.17, 15) is 9.59 Å². The number of aliphatic carboxylic acids is 1. The van der Waals surface area contributed by atoms with Crippen LogP contribution >= 0.6 is 0 Å². The summed E-state index contributed by atoms with van der Waals surface area (Å²) in [5.41, 5.74) is 1.44. The lowest BCUT2D eigenvalue weighted by Crippen LogP contribution is -2.26. The first-order chi connectivity index (χ1) is 8.08. The van der Waals surface area contributed by atoms with Crippen molar-refractivity contribution in [2.75, 3.05) is 5.32 Å². The van der Waals surface area contributed by atoms with E-state index in [0.717, 1.165) is 18.5 Å². The molecule has 0 spiro atoms. The van der Waals surface area contributed by atoms with E-state index < -0.39 is 12.0 Å². The normalized spacial score (nSPS) is 16.2. The van der Waals surface area contributed by atoms with Gasteiger partial charge in [-0.1, -0.05) is 0 Å². The number of pyridine rings is 1. The van der Waals surface area contributed by atoms with E-state index in [0.29, 0.717) is 17.8 Å². The second-order valence-electron chi connectivity index (χ2n) is 4.17. The molecule has 0 aromatic carbocycles. The number of rotatable bonds is 3. The zero-order valence-electron chi connectivity index (χ0n) is 9.56. The Morgan fingerprint density at radius 2 is 2.24 bits per heavy atom. The number of carboxylic acid groups (broad SMARTS) is 1. The van der Waals surface area contributed by atoms with Crippen LogP contribution in [0.4, 0.5) is 5.82 Å². The second-order valence-corrected chi connectivity index (χ2v) is 4.17. The molecule has 5 nitrogen and oxygen atoms in total. The molecule has 17 heavy (non-hydrogen) atoms. The van der Waals surface area contributed by atoms with Gasteiger partial charge in [-0.15, -0.1) is 0 Å². The van der Waals surface area contributed by atoms with Gasteiger partial charge in [0, 0.05) is 12.0 Å². The number of nitrogens with one attached hydrogen (secondary N) is 1. The number of ketones is 1. The van der Waals surface area contributed by atoms with Crippen LogP contribution in [-0.2, 0) is 11.2 Å². The second kappa shape index (κ2) is 4.53. The highest BCUT2D eigenvalue weighted by Gasteiger charge is 2.19. The van der Waals surface area contributed by atoms with Crippen molar-refractivity contribution in [3.05, 3.63) is 23.4 Å². The van der Waals surface area contributed by atoms with Crippen molar-refractivity contribution in [2.24, 2.45) is 0 Å². The van der Waals surface area contributed by atoms with Gasteiger partial charge in [0.2, 0.25) is 0 Å². The third-order valence-electron chi connectivity index (χ3n) is 2.83. The Bertz CT molecular complexity index is 471. The zero-order chi connectivity index (χ0) is 12.4. The van der Waals surface area contributed by atoms with E-state index in [1.165, 1.54) is 0 Å². The van der Waals surface area contributed by atoms with Gasteiger partial charge in [-0.2, -0.15) is 0 Å². The molecule has 2 N–H and O–H groups in total. The van der Waals surface area contributed by atoms with Crippen molar-refractivity contribution in [1.29, 1.82) is 0 Å². The van der Waals surface area contributed by atoms with Gasteiger partial charge in [0.15, 0.2) is 5.78 Å². The Morgan fingerprint density at radius 3 is 2.94 bits per heavy atom. The summed E-state index contributed by atoms with van der Waals surface area (Å²) in [5, 5.41) is 11.6. The Balaban J connectivity index is 2.21. The first-order valence-electron chi connectivity index (χ1n) is 5.60. The van der Waals surface area contributed by atoms with Gasteiger partial charge in [-0.3, -0.25) is 9.59 Å². The minimum absolute atomic E-state index is 0.122. The molecule has 1 aromatic rings. The summed E-state index contributed by atoms with van der Waals surface area (Å²) in [6, 6.07) is 2.68. The van der Waals surface area contributed by atoms with Crippen LogP contribution in [0.3, 0.4) is 0 Å². The Hall–Kier alpha value is -1.91. The highest BCUT2D eigenvalue weighted by atomic mass is 16.4. The van der Waals surface area contributed by atoms with Crippen LogP contribution in [-0.4, -0.2) is 27.9 Å². The lowest BCUT2D eigenvalue weighted by Gasteiger charge is -2.16. The van der Waals surface area contributed by atoms with Crippen LogP contribution < -0.4 is 5.32 Å². The summed E-state index contributed by atoms with van der Waals surface area (Å²) >= 11 is 0. The fourth-order valence-electron chi connectivity index (χ4n) is 1.86. The molecule has 0 saturated carbocycles. The summed E-state index contributed by atoms with van der Waals surface area (Å²) in [7, 11) is 0. The van der Waals surface area contributed by atoms with Crippen molar-refractivity contribution in [3.63, 3.8) is 0 Å². The number of fused-ring (bicyclic) bond motifs is 1. The lowest BCUT2D eigenvalue weighted by atomic mass is 9.95. The molecule has 0 saturated heterocycles. The van der Waals surface area contributed by atoms with Gasteiger partial charge in [0.05, 0.1) is 5.69 Å². The molecule has 0 aliphatic heterocycles. The van der Waals surface area contributed by atoms with Crippen LogP contribution in [0.1, 0.15) is 35.8 Å². The number of nitrogens with zero attached hydrogens (tertiary/aromatic N) is 1. The fourth-order valence-corrected chi connectivity index (χ4v) is 1.86. The van der Waals surface area contributed by atoms with Crippen molar-refractivity contribution in [1.82, 2.24) is 4.98 Å². The van der Waals surface area contributed by atoms with Crippen LogP contribution in [0.5, 0.6) is 0 Å². The number of carboxylic acids is 1. The maximum absolute atomic E-state index is 11.6. The molecular weight excluding hydrogens is 220 g/mol. The van der Waals surface area contributed by atoms with E-state index in [4.69, 9.17) is 5.11 Å². The van der Waals surface area contributed by atoms with Gasteiger partial charge >= 0.3 is 5.97 Å². The van der Waals surface area contributed by atoms with E-state index in [-0.39, 0.29) is 5.78 Å². The number of carbonyl (C=O) groups excluding carboxylic acids is 1. The average molecular weight is 234 g/mol. The van der Waals surface area contributed by atoms with Crippen LogP contribution in [0, 0.1) is 0 Å². The molecule has 0 amide bonds.